The average Bonchev–Trinajstić information content (AvgIpc) is 2.90. The largest absolute Gasteiger partial charge is 0.289 e. The molecule has 0 N–H and O–H groups in total. The number of carbonyl (C=O) groups is 1. The molecule has 0 radical (unpaired) electrons. The Morgan fingerprint density at radius 1 is 1.30 bits per heavy atom. The maximum atomic E-state index is 12.4. The fourth-order valence-electron chi connectivity index (χ4n) is 2.52. The van der Waals surface area contributed by atoms with E-state index >= 15 is 0 Å². The Morgan fingerprint density at radius 3 is 3.00 bits per heavy atom. The minimum atomic E-state index is 0.136. The lowest BCUT2D eigenvalue weighted by molar-refractivity contribution is 0.102. The summed E-state index contributed by atoms with van der Waals surface area (Å²) in [6.07, 6.45) is 7.34. The molecule has 0 amide bonds. The summed E-state index contributed by atoms with van der Waals surface area (Å²) in [7, 11) is 0. The third-order valence-corrected chi connectivity index (χ3v) is 3.69. The van der Waals surface area contributed by atoms with Gasteiger partial charge in [-0.15, -0.1) is 11.6 Å². The summed E-state index contributed by atoms with van der Waals surface area (Å²) in [5.41, 5.74) is 3.79. The van der Waals surface area contributed by atoms with Gasteiger partial charge >= 0.3 is 0 Å². The van der Waals surface area contributed by atoms with E-state index in [0.717, 1.165) is 35.1 Å². The molecule has 0 spiro atoms. The Labute approximate surface area is 122 Å². The maximum absolute atomic E-state index is 12.4. The van der Waals surface area contributed by atoms with Crippen LogP contribution >= 0.6 is 11.6 Å². The number of hydrogen-bond acceptors (Lipinski definition) is 2. The summed E-state index contributed by atoms with van der Waals surface area (Å²) in [5, 5.41) is 4.22. The van der Waals surface area contributed by atoms with Crippen LogP contribution in [0.15, 0.2) is 42.2 Å². The van der Waals surface area contributed by atoms with Crippen molar-refractivity contribution in [2.45, 2.75) is 19.4 Å². The van der Waals surface area contributed by atoms with E-state index in [9.17, 15) is 4.79 Å². The molecule has 1 heterocycles. The van der Waals surface area contributed by atoms with E-state index in [4.69, 9.17) is 11.6 Å². The van der Waals surface area contributed by atoms with E-state index < -0.39 is 0 Å². The van der Waals surface area contributed by atoms with Gasteiger partial charge in [0.2, 0.25) is 0 Å². The summed E-state index contributed by atoms with van der Waals surface area (Å²) < 4.78 is 1.79. The highest BCUT2D eigenvalue weighted by Crippen LogP contribution is 2.26. The number of aryl methyl sites for hydroxylation is 2. The Balaban J connectivity index is 1.87. The number of benzene rings is 1. The molecule has 4 heteroatoms. The molecule has 1 aromatic heterocycles. The summed E-state index contributed by atoms with van der Waals surface area (Å²) in [4.78, 5) is 12.4. The van der Waals surface area contributed by atoms with Crippen molar-refractivity contribution in [2.75, 3.05) is 5.88 Å². The lowest BCUT2D eigenvalue weighted by atomic mass is 9.86. The molecule has 0 aliphatic heterocycles. The second-order valence-electron chi connectivity index (χ2n) is 4.88. The van der Waals surface area contributed by atoms with Crippen molar-refractivity contribution >= 4 is 23.5 Å². The topological polar surface area (TPSA) is 34.9 Å². The molecule has 3 rings (SSSR count). The molecular formula is C16H15ClN2O. The van der Waals surface area contributed by atoms with Gasteiger partial charge < -0.3 is 0 Å². The highest BCUT2D eigenvalue weighted by Gasteiger charge is 2.21. The number of rotatable bonds is 3. The second kappa shape index (κ2) is 5.63. The maximum Gasteiger partial charge on any atom is 0.189 e. The minimum Gasteiger partial charge on any atom is -0.289 e. The first-order valence-corrected chi connectivity index (χ1v) is 7.23. The molecule has 0 bridgehead atoms. The number of hydrogen-bond donors (Lipinski definition) is 0. The normalized spacial score (nSPS) is 16.4. The molecule has 0 unspecified atom stereocenters. The number of nitrogens with zero attached hydrogens (tertiary/aromatic N) is 2. The number of fused-ring (bicyclic) bond motifs is 1. The monoisotopic (exact) mass is 286 g/mol. The number of alkyl halides is 1. The molecule has 1 aliphatic carbocycles. The van der Waals surface area contributed by atoms with Crippen LogP contribution in [-0.4, -0.2) is 21.4 Å². The van der Waals surface area contributed by atoms with E-state index in [2.05, 4.69) is 5.10 Å². The third-order valence-electron chi connectivity index (χ3n) is 3.53. The molecule has 0 atom stereocenters. The average molecular weight is 287 g/mol. The standard InChI is InChI=1S/C16H15ClN2O/c17-7-8-19-11-12(10-18-19)9-14-6-5-13-3-1-2-4-15(13)16(14)20/h1-4,9-11H,5-8H2/b14-9+. The van der Waals surface area contributed by atoms with Crippen molar-refractivity contribution in [3.63, 3.8) is 0 Å². The van der Waals surface area contributed by atoms with Gasteiger partial charge in [0.1, 0.15) is 0 Å². The third kappa shape index (κ3) is 2.54. The van der Waals surface area contributed by atoms with Crippen molar-refractivity contribution in [2.24, 2.45) is 0 Å². The molecule has 0 fully saturated rings. The van der Waals surface area contributed by atoms with E-state index in [0.29, 0.717) is 12.4 Å². The zero-order valence-electron chi connectivity index (χ0n) is 11.1. The van der Waals surface area contributed by atoms with Gasteiger partial charge in [-0.25, -0.2) is 0 Å². The Hall–Kier alpha value is -1.87. The van der Waals surface area contributed by atoms with Crippen LogP contribution in [0, 0.1) is 0 Å². The molecule has 2 aromatic rings. The quantitative estimate of drug-likeness (QED) is 0.641. The van der Waals surface area contributed by atoms with Crippen LogP contribution in [0.4, 0.5) is 0 Å². The number of halogens is 1. The highest BCUT2D eigenvalue weighted by atomic mass is 35.5. The summed E-state index contributed by atoms with van der Waals surface area (Å²) in [6, 6.07) is 7.83. The lowest BCUT2D eigenvalue weighted by Crippen LogP contribution is -2.13. The molecule has 1 aromatic carbocycles. The van der Waals surface area contributed by atoms with Gasteiger partial charge in [-0.05, 0) is 24.5 Å². The molecule has 1 aliphatic rings. The number of carbonyl (C=O) groups excluding carboxylic acids is 1. The van der Waals surface area contributed by atoms with Gasteiger partial charge in [0.15, 0.2) is 5.78 Å². The summed E-state index contributed by atoms with van der Waals surface area (Å²) in [6.45, 7) is 0.682. The van der Waals surface area contributed by atoms with Crippen LogP contribution in [0.3, 0.4) is 0 Å². The smallest absolute Gasteiger partial charge is 0.189 e. The Kier molecular flexibility index (Phi) is 3.70. The van der Waals surface area contributed by atoms with Gasteiger partial charge in [-0.2, -0.15) is 5.10 Å². The van der Waals surface area contributed by atoms with Gasteiger partial charge in [0.25, 0.3) is 0 Å². The zero-order valence-corrected chi connectivity index (χ0v) is 11.8. The second-order valence-corrected chi connectivity index (χ2v) is 5.26. The van der Waals surface area contributed by atoms with Crippen LogP contribution in [0.25, 0.3) is 6.08 Å². The molecule has 102 valence electrons. The minimum absolute atomic E-state index is 0.136. The van der Waals surface area contributed by atoms with E-state index in [1.54, 1.807) is 10.9 Å². The number of allylic oxidation sites excluding steroid dienone is 1. The first-order chi connectivity index (χ1) is 9.78. The van der Waals surface area contributed by atoms with Crippen molar-refractivity contribution < 1.29 is 4.79 Å². The Morgan fingerprint density at radius 2 is 2.15 bits per heavy atom. The van der Waals surface area contributed by atoms with Gasteiger partial charge in [0.05, 0.1) is 12.7 Å². The molecular weight excluding hydrogens is 272 g/mol. The van der Waals surface area contributed by atoms with Crippen molar-refractivity contribution in [3.05, 3.63) is 58.9 Å². The lowest BCUT2D eigenvalue weighted by Gasteiger charge is -2.16. The first kappa shape index (κ1) is 13.1. The zero-order chi connectivity index (χ0) is 13.9. The van der Waals surface area contributed by atoms with Crippen LogP contribution in [0.5, 0.6) is 0 Å². The van der Waals surface area contributed by atoms with E-state index in [1.807, 2.05) is 36.5 Å². The summed E-state index contributed by atoms with van der Waals surface area (Å²) in [5.74, 6) is 0.668. The first-order valence-electron chi connectivity index (χ1n) is 6.69. The highest BCUT2D eigenvalue weighted by molar-refractivity contribution is 6.17. The van der Waals surface area contributed by atoms with Crippen LogP contribution in [0.1, 0.15) is 27.9 Å². The van der Waals surface area contributed by atoms with Crippen molar-refractivity contribution in [1.82, 2.24) is 9.78 Å². The van der Waals surface area contributed by atoms with Gasteiger partial charge in [0, 0.05) is 28.8 Å². The Bertz CT molecular complexity index is 673. The molecule has 20 heavy (non-hydrogen) atoms. The van der Waals surface area contributed by atoms with E-state index in [-0.39, 0.29) is 5.78 Å². The molecule has 3 nitrogen and oxygen atoms in total. The number of ketones is 1. The predicted molar refractivity (Wildman–Crippen MR) is 80.0 cm³/mol. The van der Waals surface area contributed by atoms with Crippen molar-refractivity contribution in [3.8, 4) is 0 Å². The number of aromatic nitrogens is 2. The van der Waals surface area contributed by atoms with E-state index in [1.165, 1.54) is 0 Å². The van der Waals surface area contributed by atoms with Crippen LogP contribution in [-0.2, 0) is 13.0 Å². The van der Waals surface area contributed by atoms with Gasteiger partial charge in [-0.1, -0.05) is 24.3 Å². The van der Waals surface area contributed by atoms with Crippen LogP contribution < -0.4 is 0 Å². The van der Waals surface area contributed by atoms with Crippen molar-refractivity contribution in [1.29, 1.82) is 0 Å². The van der Waals surface area contributed by atoms with Crippen LogP contribution in [0.2, 0.25) is 0 Å². The molecule has 0 saturated heterocycles. The fraction of sp³-hybridized carbons (Fsp3) is 0.250. The fourth-order valence-corrected chi connectivity index (χ4v) is 2.69. The van der Waals surface area contributed by atoms with Gasteiger partial charge in [-0.3, -0.25) is 9.48 Å². The summed E-state index contributed by atoms with van der Waals surface area (Å²) >= 11 is 5.69. The molecule has 0 saturated carbocycles. The SMILES string of the molecule is O=C1/C(=C/c2cnn(CCCl)c2)CCc2ccccc21. The number of Topliss-reactive ketones (excluding diaryl/α,β-unsaturated/α-hetero) is 1. The predicted octanol–water partition coefficient (Wildman–Crippen LogP) is 3.33.